The van der Waals surface area contributed by atoms with E-state index < -0.39 is 0 Å². The van der Waals surface area contributed by atoms with Crippen molar-refractivity contribution in [1.29, 1.82) is 0 Å². The number of rotatable bonds is 4. The molecular weight excluding hydrogens is 396 g/mol. The van der Waals surface area contributed by atoms with Crippen molar-refractivity contribution in [3.63, 3.8) is 0 Å². The zero-order valence-electron chi connectivity index (χ0n) is 14.4. The van der Waals surface area contributed by atoms with Crippen LogP contribution in [0.4, 0.5) is 16.2 Å². The molecule has 0 saturated heterocycles. The maximum absolute atomic E-state index is 13.0. The van der Waals surface area contributed by atoms with Crippen LogP contribution in [0.25, 0.3) is 0 Å². The van der Waals surface area contributed by atoms with E-state index in [9.17, 15) is 4.79 Å². The predicted octanol–water partition coefficient (Wildman–Crippen LogP) is 6.44. The second-order valence-electron chi connectivity index (χ2n) is 5.91. The predicted molar refractivity (Wildman–Crippen MR) is 115 cm³/mol. The van der Waals surface area contributed by atoms with Gasteiger partial charge in [0, 0.05) is 32.0 Å². The summed E-state index contributed by atoms with van der Waals surface area (Å²) < 4.78 is 0. The van der Waals surface area contributed by atoms with Crippen molar-refractivity contribution in [3.05, 3.63) is 77.8 Å². The Kier molecular flexibility index (Phi) is 5.62. The summed E-state index contributed by atoms with van der Waals surface area (Å²) in [4.78, 5) is 18.0. The minimum absolute atomic E-state index is 0.105. The van der Waals surface area contributed by atoms with Crippen LogP contribution in [0.2, 0.25) is 5.02 Å². The standard InChI is InChI=1S/C21H17ClN2OS2/c22-15-9-11-16(12-10-15)26-14-13-23-21(25)24-17-5-1-3-7-19(17)27-20-8-4-2-6-18(20)24/h1-12H,13-14H2,(H,23,25). The summed E-state index contributed by atoms with van der Waals surface area (Å²) >= 11 is 9.30. The molecular formula is C21H17ClN2OS2. The van der Waals surface area contributed by atoms with Gasteiger partial charge in [-0.05, 0) is 48.5 Å². The molecule has 136 valence electrons. The number of fused-ring (bicyclic) bond motifs is 2. The maximum atomic E-state index is 13.0. The zero-order chi connectivity index (χ0) is 18.6. The van der Waals surface area contributed by atoms with Crippen molar-refractivity contribution in [3.8, 4) is 0 Å². The van der Waals surface area contributed by atoms with Gasteiger partial charge in [-0.1, -0.05) is 47.6 Å². The van der Waals surface area contributed by atoms with E-state index in [1.165, 1.54) is 0 Å². The van der Waals surface area contributed by atoms with Gasteiger partial charge in [0.1, 0.15) is 0 Å². The first-order valence-corrected chi connectivity index (χ1v) is 10.7. The van der Waals surface area contributed by atoms with E-state index >= 15 is 0 Å². The van der Waals surface area contributed by atoms with E-state index in [1.54, 1.807) is 28.4 Å². The average Bonchev–Trinajstić information content (AvgIpc) is 2.70. The van der Waals surface area contributed by atoms with Gasteiger partial charge in [-0.15, -0.1) is 11.8 Å². The summed E-state index contributed by atoms with van der Waals surface area (Å²) in [6.45, 7) is 0.583. The Morgan fingerprint density at radius 2 is 1.52 bits per heavy atom. The van der Waals surface area contributed by atoms with Crippen molar-refractivity contribution in [2.75, 3.05) is 17.2 Å². The number of carbonyl (C=O) groups is 1. The van der Waals surface area contributed by atoms with E-state index in [0.717, 1.165) is 36.8 Å². The fourth-order valence-corrected chi connectivity index (χ4v) is 4.81. The smallest absolute Gasteiger partial charge is 0.326 e. The van der Waals surface area contributed by atoms with Crippen molar-refractivity contribution in [1.82, 2.24) is 5.32 Å². The molecule has 3 aromatic rings. The normalized spacial score (nSPS) is 12.3. The van der Waals surface area contributed by atoms with Gasteiger partial charge in [0.15, 0.2) is 0 Å². The second-order valence-corrected chi connectivity index (χ2v) is 8.60. The molecule has 0 bridgehead atoms. The number of anilines is 2. The molecule has 3 nitrogen and oxygen atoms in total. The first-order valence-electron chi connectivity index (χ1n) is 8.54. The lowest BCUT2D eigenvalue weighted by Gasteiger charge is -2.31. The van der Waals surface area contributed by atoms with Crippen LogP contribution in [0, 0.1) is 0 Å². The molecule has 0 unspecified atom stereocenters. The van der Waals surface area contributed by atoms with E-state index in [4.69, 9.17) is 11.6 Å². The summed E-state index contributed by atoms with van der Waals surface area (Å²) in [6.07, 6.45) is 0. The van der Waals surface area contributed by atoms with Crippen LogP contribution in [0.3, 0.4) is 0 Å². The number of nitrogens with one attached hydrogen (secondary N) is 1. The van der Waals surface area contributed by atoms with Crippen LogP contribution < -0.4 is 10.2 Å². The summed E-state index contributed by atoms with van der Waals surface area (Å²) in [5, 5.41) is 3.78. The number of hydrogen-bond donors (Lipinski definition) is 1. The quantitative estimate of drug-likeness (QED) is 0.395. The highest BCUT2D eigenvalue weighted by Crippen LogP contribution is 2.47. The minimum Gasteiger partial charge on any atom is -0.337 e. The fourth-order valence-electron chi connectivity index (χ4n) is 2.86. The highest BCUT2D eigenvalue weighted by molar-refractivity contribution is 7.99. The number of hydrogen-bond acceptors (Lipinski definition) is 3. The average molecular weight is 413 g/mol. The second kappa shape index (κ2) is 8.30. The van der Waals surface area contributed by atoms with E-state index in [2.05, 4.69) is 5.32 Å². The van der Waals surface area contributed by atoms with Gasteiger partial charge in [0.05, 0.1) is 11.4 Å². The van der Waals surface area contributed by atoms with Gasteiger partial charge in [-0.25, -0.2) is 4.79 Å². The lowest BCUT2D eigenvalue weighted by molar-refractivity contribution is 0.249. The monoisotopic (exact) mass is 412 g/mol. The molecule has 1 aliphatic rings. The van der Waals surface area contributed by atoms with E-state index in [0.29, 0.717) is 6.54 Å². The van der Waals surface area contributed by atoms with Gasteiger partial charge in [0.2, 0.25) is 0 Å². The molecule has 1 heterocycles. The molecule has 0 atom stereocenters. The molecule has 0 aliphatic carbocycles. The summed E-state index contributed by atoms with van der Waals surface area (Å²) in [5.41, 5.74) is 1.84. The van der Waals surface area contributed by atoms with Crippen molar-refractivity contribution in [2.45, 2.75) is 14.7 Å². The topological polar surface area (TPSA) is 32.3 Å². The molecule has 3 aromatic carbocycles. The Morgan fingerprint density at radius 3 is 2.15 bits per heavy atom. The Bertz CT molecular complexity index is 917. The number of nitrogens with zero attached hydrogens (tertiary/aromatic N) is 1. The maximum Gasteiger partial charge on any atom is 0.326 e. The molecule has 0 saturated carbocycles. The highest BCUT2D eigenvalue weighted by Gasteiger charge is 2.27. The number of para-hydroxylation sites is 2. The fraction of sp³-hybridized carbons (Fsp3) is 0.0952. The van der Waals surface area contributed by atoms with Gasteiger partial charge in [-0.2, -0.15) is 0 Å². The van der Waals surface area contributed by atoms with Crippen LogP contribution in [0.15, 0.2) is 87.5 Å². The third-order valence-electron chi connectivity index (χ3n) is 4.10. The Balaban J connectivity index is 1.45. The molecule has 1 N–H and O–H groups in total. The van der Waals surface area contributed by atoms with Gasteiger partial charge >= 0.3 is 6.03 Å². The first kappa shape index (κ1) is 18.3. The number of carbonyl (C=O) groups excluding carboxylic acids is 1. The third kappa shape index (κ3) is 4.10. The highest BCUT2D eigenvalue weighted by atomic mass is 35.5. The van der Waals surface area contributed by atoms with Crippen molar-refractivity contribution in [2.24, 2.45) is 0 Å². The van der Waals surface area contributed by atoms with Crippen LogP contribution >= 0.6 is 35.1 Å². The van der Waals surface area contributed by atoms with Gasteiger partial charge < -0.3 is 5.32 Å². The van der Waals surface area contributed by atoms with Crippen LogP contribution in [-0.4, -0.2) is 18.3 Å². The van der Waals surface area contributed by atoms with Crippen LogP contribution in [-0.2, 0) is 0 Å². The van der Waals surface area contributed by atoms with Crippen LogP contribution in [0.5, 0.6) is 0 Å². The number of amides is 2. The van der Waals surface area contributed by atoms with Crippen molar-refractivity contribution >= 4 is 52.5 Å². The molecule has 0 spiro atoms. The van der Waals surface area contributed by atoms with Gasteiger partial charge in [-0.3, -0.25) is 4.90 Å². The molecule has 27 heavy (non-hydrogen) atoms. The number of halogens is 1. The number of urea groups is 1. The molecule has 0 radical (unpaired) electrons. The Morgan fingerprint density at radius 1 is 0.926 bits per heavy atom. The lowest BCUT2D eigenvalue weighted by Crippen LogP contribution is -2.39. The molecule has 6 heteroatoms. The summed E-state index contributed by atoms with van der Waals surface area (Å²) in [5.74, 6) is 0.791. The minimum atomic E-state index is -0.105. The molecule has 2 amide bonds. The SMILES string of the molecule is O=C(NCCSc1ccc(Cl)cc1)N1c2ccccc2Sc2ccccc21. The molecule has 0 aromatic heterocycles. The summed E-state index contributed by atoms with van der Waals surface area (Å²) in [6, 6.07) is 23.6. The van der Waals surface area contributed by atoms with E-state index in [1.807, 2.05) is 72.8 Å². The zero-order valence-corrected chi connectivity index (χ0v) is 16.8. The van der Waals surface area contributed by atoms with E-state index in [-0.39, 0.29) is 6.03 Å². The largest absolute Gasteiger partial charge is 0.337 e. The lowest BCUT2D eigenvalue weighted by atomic mass is 10.2. The molecule has 0 fully saturated rings. The Labute approximate surface area is 172 Å². The van der Waals surface area contributed by atoms with Gasteiger partial charge in [0.25, 0.3) is 0 Å². The third-order valence-corrected chi connectivity index (χ3v) is 6.49. The van der Waals surface area contributed by atoms with Crippen molar-refractivity contribution < 1.29 is 4.79 Å². The van der Waals surface area contributed by atoms with Crippen LogP contribution in [0.1, 0.15) is 0 Å². The summed E-state index contributed by atoms with van der Waals surface area (Å²) in [7, 11) is 0. The number of thioether (sulfide) groups is 1. The first-order chi connectivity index (χ1) is 13.2. The molecule has 1 aliphatic heterocycles. The molecule has 4 rings (SSSR count). The Hall–Kier alpha value is -2.08. The number of benzene rings is 3.